The summed E-state index contributed by atoms with van der Waals surface area (Å²) in [5, 5.41) is 10.8. The summed E-state index contributed by atoms with van der Waals surface area (Å²) < 4.78 is 5.56. The van der Waals surface area contributed by atoms with Gasteiger partial charge in [-0.15, -0.1) is 11.3 Å². The maximum atomic E-state index is 13.3. The molecule has 0 bridgehead atoms. The first-order valence-corrected chi connectivity index (χ1v) is 11.6. The molecule has 162 valence electrons. The molecular formula is C22H24N4O4S. The number of hydrogen-bond donors (Lipinski definition) is 1. The van der Waals surface area contributed by atoms with Gasteiger partial charge in [0.25, 0.3) is 11.8 Å². The minimum Gasteiger partial charge on any atom is -0.467 e. The van der Waals surface area contributed by atoms with E-state index in [2.05, 4.69) is 10.4 Å². The number of urea groups is 1. The van der Waals surface area contributed by atoms with Crippen molar-refractivity contribution in [3.8, 4) is 0 Å². The molecule has 3 aliphatic rings. The summed E-state index contributed by atoms with van der Waals surface area (Å²) >= 11 is 1.56. The van der Waals surface area contributed by atoms with Crippen LogP contribution in [0.3, 0.4) is 0 Å². The van der Waals surface area contributed by atoms with Crippen LogP contribution in [0.25, 0.3) is 0 Å². The second kappa shape index (κ2) is 7.96. The molecule has 2 fully saturated rings. The Balaban J connectivity index is 1.38. The van der Waals surface area contributed by atoms with Crippen LogP contribution in [0.15, 0.2) is 45.4 Å². The number of amides is 4. The number of rotatable bonds is 4. The Bertz CT molecular complexity index is 1010. The molecule has 5 rings (SSSR count). The zero-order valence-corrected chi connectivity index (χ0v) is 17.9. The quantitative estimate of drug-likeness (QED) is 0.734. The van der Waals surface area contributed by atoms with Crippen LogP contribution in [-0.2, 0) is 9.59 Å². The van der Waals surface area contributed by atoms with E-state index < -0.39 is 23.5 Å². The van der Waals surface area contributed by atoms with E-state index in [0.29, 0.717) is 25.0 Å². The molecule has 1 atom stereocenters. The van der Waals surface area contributed by atoms with Crippen molar-refractivity contribution in [2.24, 2.45) is 5.10 Å². The molecule has 2 aromatic rings. The van der Waals surface area contributed by atoms with E-state index in [-0.39, 0.29) is 12.5 Å². The topological polar surface area (TPSA) is 95.2 Å². The second-order valence-electron chi connectivity index (χ2n) is 8.32. The van der Waals surface area contributed by atoms with Crippen LogP contribution in [0.2, 0.25) is 0 Å². The summed E-state index contributed by atoms with van der Waals surface area (Å²) in [5.41, 5.74) is -0.0628. The molecule has 4 amide bonds. The number of nitrogens with one attached hydrogen (secondary N) is 1. The van der Waals surface area contributed by atoms with Crippen LogP contribution in [0.4, 0.5) is 4.79 Å². The maximum Gasteiger partial charge on any atom is 0.325 e. The highest BCUT2D eigenvalue weighted by Crippen LogP contribution is 2.36. The van der Waals surface area contributed by atoms with E-state index in [0.717, 1.165) is 41.2 Å². The monoisotopic (exact) mass is 440 g/mol. The minimum atomic E-state index is -0.856. The zero-order chi connectivity index (χ0) is 21.4. The first-order valence-electron chi connectivity index (χ1n) is 10.7. The van der Waals surface area contributed by atoms with Crippen LogP contribution >= 0.6 is 11.3 Å². The van der Waals surface area contributed by atoms with Crippen molar-refractivity contribution in [3.05, 3.63) is 46.5 Å². The van der Waals surface area contributed by atoms with Crippen molar-refractivity contribution in [1.29, 1.82) is 0 Å². The van der Waals surface area contributed by atoms with Gasteiger partial charge in [0.2, 0.25) is 0 Å². The molecule has 0 aromatic carbocycles. The van der Waals surface area contributed by atoms with E-state index >= 15 is 0 Å². The lowest BCUT2D eigenvalue weighted by molar-refractivity contribution is -0.140. The fourth-order valence-corrected chi connectivity index (χ4v) is 5.45. The minimum absolute atomic E-state index is 0.288. The lowest BCUT2D eigenvalue weighted by atomic mass is 9.90. The summed E-state index contributed by atoms with van der Waals surface area (Å²) in [6.45, 7) is -0.329. The first-order chi connectivity index (χ1) is 15.1. The van der Waals surface area contributed by atoms with Crippen molar-refractivity contribution in [1.82, 2.24) is 15.2 Å². The summed E-state index contributed by atoms with van der Waals surface area (Å²) in [6, 6.07) is 6.60. The summed E-state index contributed by atoms with van der Waals surface area (Å²) in [5.74, 6) is -0.0628. The van der Waals surface area contributed by atoms with Gasteiger partial charge in [-0.25, -0.2) is 9.80 Å². The van der Waals surface area contributed by atoms with Crippen molar-refractivity contribution in [3.63, 3.8) is 0 Å². The molecule has 2 aromatic heterocycles. The van der Waals surface area contributed by atoms with Gasteiger partial charge in [-0.1, -0.05) is 31.7 Å². The van der Waals surface area contributed by atoms with Crippen LogP contribution in [0.1, 0.15) is 61.6 Å². The Morgan fingerprint density at radius 2 is 2.00 bits per heavy atom. The summed E-state index contributed by atoms with van der Waals surface area (Å²) in [7, 11) is 0. The van der Waals surface area contributed by atoms with Gasteiger partial charge in [-0.3, -0.25) is 14.5 Å². The van der Waals surface area contributed by atoms with Crippen molar-refractivity contribution in [2.45, 2.75) is 56.5 Å². The van der Waals surface area contributed by atoms with Gasteiger partial charge < -0.3 is 9.73 Å². The third kappa shape index (κ3) is 3.56. The van der Waals surface area contributed by atoms with Crippen molar-refractivity contribution < 1.29 is 18.8 Å². The number of furan rings is 1. The highest BCUT2D eigenvalue weighted by Gasteiger charge is 2.51. The Kier molecular flexibility index (Phi) is 5.13. The maximum absolute atomic E-state index is 13.3. The van der Waals surface area contributed by atoms with Gasteiger partial charge in [0.05, 0.1) is 16.9 Å². The second-order valence-corrected chi connectivity index (χ2v) is 9.26. The number of carbonyl (C=O) groups excluding carboxylic acids is 3. The summed E-state index contributed by atoms with van der Waals surface area (Å²) in [6.07, 6.45) is 7.25. The first kappa shape index (κ1) is 20.0. The molecule has 1 aliphatic carbocycles. The standard InChI is InChI=1S/C22H24N4O4S/c27-19(14-25-20(28)22(23-21(25)29)9-3-1-2-4-10-22)26-16(17-7-5-11-30-17)13-15(24-26)18-8-6-12-31-18/h5-8,11-12,16H,1-4,9-10,13-14H2,(H,23,29). The molecular weight excluding hydrogens is 416 g/mol. The van der Waals surface area contributed by atoms with Gasteiger partial charge in [-0.2, -0.15) is 5.10 Å². The molecule has 1 N–H and O–H groups in total. The number of imide groups is 1. The Morgan fingerprint density at radius 1 is 1.19 bits per heavy atom. The van der Waals surface area contributed by atoms with Gasteiger partial charge in [0.15, 0.2) is 0 Å². The smallest absolute Gasteiger partial charge is 0.325 e. The predicted octanol–water partition coefficient (Wildman–Crippen LogP) is 3.66. The molecule has 4 heterocycles. The fourth-order valence-electron chi connectivity index (χ4n) is 4.73. The molecule has 1 saturated heterocycles. The third-order valence-corrected chi connectivity index (χ3v) is 7.26. The van der Waals surface area contributed by atoms with Crippen LogP contribution < -0.4 is 5.32 Å². The lowest BCUT2D eigenvalue weighted by Crippen LogP contribution is -2.47. The average molecular weight is 441 g/mol. The van der Waals surface area contributed by atoms with E-state index in [4.69, 9.17) is 4.42 Å². The number of hydrazone groups is 1. The Labute approximate surface area is 183 Å². The number of hydrogen-bond acceptors (Lipinski definition) is 6. The van der Waals surface area contributed by atoms with Crippen molar-refractivity contribution >= 4 is 34.9 Å². The summed E-state index contributed by atoms with van der Waals surface area (Å²) in [4.78, 5) is 41.1. The van der Waals surface area contributed by atoms with Gasteiger partial charge in [0, 0.05) is 6.42 Å². The van der Waals surface area contributed by atoms with Crippen LogP contribution in [0.5, 0.6) is 0 Å². The largest absolute Gasteiger partial charge is 0.467 e. The van der Waals surface area contributed by atoms with E-state index in [1.165, 1.54) is 5.01 Å². The van der Waals surface area contributed by atoms with E-state index in [1.807, 2.05) is 23.6 Å². The lowest BCUT2D eigenvalue weighted by Gasteiger charge is -2.25. The molecule has 8 nitrogen and oxygen atoms in total. The Hall–Kier alpha value is -2.94. The van der Waals surface area contributed by atoms with Gasteiger partial charge in [0.1, 0.15) is 23.9 Å². The average Bonchev–Trinajstić information content (AvgIpc) is 3.53. The number of nitrogens with zero attached hydrogens (tertiary/aromatic N) is 3. The third-order valence-electron chi connectivity index (χ3n) is 6.34. The van der Waals surface area contributed by atoms with Gasteiger partial charge in [-0.05, 0) is 36.4 Å². The predicted molar refractivity (Wildman–Crippen MR) is 114 cm³/mol. The molecule has 1 spiro atoms. The van der Waals surface area contributed by atoms with Crippen LogP contribution in [0, 0.1) is 0 Å². The van der Waals surface area contributed by atoms with E-state index in [1.54, 1.807) is 23.7 Å². The van der Waals surface area contributed by atoms with Crippen molar-refractivity contribution in [2.75, 3.05) is 6.54 Å². The highest BCUT2D eigenvalue weighted by molar-refractivity contribution is 7.12. The van der Waals surface area contributed by atoms with Gasteiger partial charge >= 0.3 is 6.03 Å². The fraction of sp³-hybridized carbons (Fsp3) is 0.455. The zero-order valence-electron chi connectivity index (χ0n) is 17.1. The SMILES string of the molecule is O=C1NC2(CCCCCC2)C(=O)N1CC(=O)N1N=C(c2cccs2)CC1c1ccco1. The highest BCUT2D eigenvalue weighted by atomic mass is 32.1. The molecule has 0 radical (unpaired) electrons. The molecule has 9 heteroatoms. The van der Waals surface area contributed by atoms with E-state index in [9.17, 15) is 14.4 Å². The number of carbonyl (C=O) groups is 3. The molecule has 1 saturated carbocycles. The Morgan fingerprint density at radius 3 is 2.68 bits per heavy atom. The number of thiophene rings is 1. The molecule has 1 unspecified atom stereocenters. The molecule has 2 aliphatic heterocycles. The normalized spacial score (nSPS) is 23.2. The van der Waals surface area contributed by atoms with Crippen LogP contribution in [-0.4, -0.2) is 45.5 Å². The molecule has 31 heavy (non-hydrogen) atoms.